The van der Waals surface area contributed by atoms with Gasteiger partial charge in [0, 0.05) is 5.41 Å². The summed E-state index contributed by atoms with van der Waals surface area (Å²) in [4.78, 5) is 0. The molecule has 2 rings (SSSR count). The summed E-state index contributed by atoms with van der Waals surface area (Å²) in [6, 6.07) is 8.49. The van der Waals surface area contributed by atoms with E-state index in [1.807, 2.05) is 0 Å². The predicted molar refractivity (Wildman–Crippen MR) is 67.6 cm³/mol. The molecule has 0 fully saturated rings. The molecule has 1 heterocycles. The van der Waals surface area contributed by atoms with Crippen molar-refractivity contribution in [2.24, 2.45) is 0 Å². The van der Waals surface area contributed by atoms with Crippen LogP contribution in [-0.2, 0) is 16.0 Å². The Labute approximate surface area is 116 Å². The van der Waals surface area contributed by atoms with E-state index < -0.39 is 25.4 Å². The van der Waals surface area contributed by atoms with Gasteiger partial charge in [-0.1, -0.05) is 41.7 Å². The van der Waals surface area contributed by atoms with Crippen molar-refractivity contribution < 1.29 is 21.6 Å². The fourth-order valence-corrected chi connectivity index (χ4v) is 3.15. The highest BCUT2D eigenvalue weighted by atomic mass is 32.2. The minimum atomic E-state index is -4.70. The molecule has 2 aromatic rings. The van der Waals surface area contributed by atoms with Crippen LogP contribution in [0.25, 0.3) is 6.08 Å². The van der Waals surface area contributed by atoms with Crippen molar-refractivity contribution >= 4 is 27.3 Å². The van der Waals surface area contributed by atoms with Gasteiger partial charge in [-0.2, -0.15) is 13.2 Å². The minimum Gasteiger partial charge on any atom is -0.217 e. The molecule has 9 heteroatoms. The van der Waals surface area contributed by atoms with E-state index in [0.717, 1.165) is 5.41 Å². The van der Waals surface area contributed by atoms with Crippen molar-refractivity contribution in [3.8, 4) is 0 Å². The Balaban J connectivity index is 2.27. The SMILES string of the molecule is O=S(=O)(/C=C/c1ccccc1)c1nnc(C(F)(F)F)s1. The molecule has 0 amide bonds. The monoisotopic (exact) mass is 320 g/mol. The molecule has 0 atom stereocenters. The van der Waals surface area contributed by atoms with Gasteiger partial charge in [0.1, 0.15) is 0 Å². The number of alkyl halides is 3. The van der Waals surface area contributed by atoms with Gasteiger partial charge < -0.3 is 0 Å². The van der Waals surface area contributed by atoms with E-state index in [0.29, 0.717) is 5.56 Å². The molecule has 106 valence electrons. The molecule has 20 heavy (non-hydrogen) atoms. The largest absolute Gasteiger partial charge is 0.445 e. The normalized spacial score (nSPS) is 12.9. The average Bonchev–Trinajstić information content (AvgIpc) is 2.88. The first-order chi connectivity index (χ1) is 9.29. The summed E-state index contributed by atoms with van der Waals surface area (Å²) in [5, 5.41) is 5.44. The van der Waals surface area contributed by atoms with Crippen LogP contribution in [0.15, 0.2) is 40.1 Å². The van der Waals surface area contributed by atoms with E-state index in [1.54, 1.807) is 30.3 Å². The number of benzene rings is 1. The number of halogens is 3. The van der Waals surface area contributed by atoms with Crippen LogP contribution >= 0.6 is 11.3 Å². The highest BCUT2D eigenvalue weighted by Crippen LogP contribution is 2.33. The highest BCUT2D eigenvalue weighted by Gasteiger charge is 2.37. The second kappa shape index (κ2) is 5.33. The number of rotatable bonds is 3. The molecular formula is C11H7F3N2O2S2. The quantitative estimate of drug-likeness (QED) is 0.872. The Morgan fingerprint density at radius 3 is 2.30 bits per heavy atom. The number of aromatic nitrogens is 2. The van der Waals surface area contributed by atoms with Gasteiger partial charge in [0.05, 0.1) is 0 Å². The Bertz CT molecular complexity index is 722. The van der Waals surface area contributed by atoms with Crippen molar-refractivity contribution in [2.45, 2.75) is 10.5 Å². The van der Waals surface area contributed by atoms with Gasteiger partial charge in [-0.25, -0.2) is 8.42 Å². The van der Waals surface area contributed by atoms with Crippen LogP contribution in [-0.4, -0.2) is 18.6 Å². The molecule has 0 aliphatic heterocycles. The van der Waals surface area contributed by atoms with Crippen molar-refractivity contribution in [2.75, 3.05) is 0 Å². The van der Waals surface area contributed by atoms with Crippen molar-refractivity contribution in [3.05, 3.63) is 46.3 Å². The lowest BCUT2D eigenvalue weighted by molar-refractivity contribution is -0.138. The van der Waals surface area contributed by atoms with Gasteiger partial charge in [0.2, 0.25) is 19.2 Å². The summed E-state index contributed by atoms with van der Waals surface area (Å²) in [5.41, 5.74) is 0.608. The summed E-state index contributed by atoms with van der Waals surface area (Å²) in [6.07, 6.45) is -3.42. The zero-order valence-corrected chi connectivity index (χ0v) is 11.3. The first-order valence-corrected chi connectivity index (χ1v) is 7.54. The fraction of sp³-hybridized carbons (Fsp3) is 0.0909. The molecule has 0 spiro atoms. The lowest BCUT2D eigenvalue weighted by Gasteiger charge is -1.97. The zero-order chi connectivity index (χ0) is 14.8. The molecule has 0 aliphatic carbocycles. The average molecular weight is 320 g/mol. The Morgan fingerprint density at radius 2 is 1.75 bits per heavy atom. The summed E-state index contributed by atoms with van der Waals surface area (Å²) in [5.74, 6) is 0. The first-order valence-electron chi connectivity index (χ1n) is 5.18. The van der Waals surface area contributed by atoms with Crippen LogP contribution in [0.2, 0.25) is 0 Å². The standard InChI is InChI=1S/C11H7F3N2O2S2/c12-11(13,14)9-15-16-10(19-9)20(17,18)7-6-8-4-2-1-3-5-8/h1-7H/b7-6+. The van der Waals surface area contributed by atoms with Gasteiger partial charge >= 0.3 is 6.18 Å². The Hall–Kier alpha value is -1.74. The Morgan fingerprint density at radius 1 is 1.10 bits per heavy atom. The topological polar surface area (TPSA) is 59.9 Å². The highest BCUT2D eigenvalue weighted by molar-refractivity contribution is 7.96. The molecule has 0 saturated heterocycles. The Kier molecular flexibility index (Phi) is 3.91. The van der Waals surface area contributed by atoms with Gasteiger partial charge in [-0.15, -0.1) is 10.2 Å². The minimum absolute atomic E-state index is 0.00453. The summed E-state index contributed by atoms with van der Waals surface area (Å²) in [6.45, 7) is 0. The molecule has 0 radical (unpaired) electrons. The molecule has 0 unspecified atom stereocenters. The summed E-state index contributed by atoms with van der Waals surface area (Å²) >= 11 is -0.00453. The summed E-state index contributed by atoms with van der Waals surface area (Å²) < 4.78 is 59.9. The van der Waals surface area contributed by atoms with Gasteiger partial charge in [0.15, 0.2) is 0 Å². The van der Waals surface area contributed by atoms with E-state index in [2.05, 4.69) is 10.2 Å². The molecular weight excluding hydrogens is 313 g/mol. The van der Waals surface area contributed by atoms with Crippen molar-refractivity contribution in [3.63, 3.8) is 0 Å². The van der Waals surface area contributed by atoms with Crippen LogP contribution < -0.4 is 0 Å². The number of hydrogen-bond acceptors (Lipinski definition) is 5. The molecule has 1 aromatic heterocycles. The van der Waals surface area contributed by atoms with Crippen LogP contribution in [0.1, 0.15) is 10.6 Å². The van der Waals surface area contributed by atoms with Gasteiger partial charge in [-0.05, 0) is 11.6 Å². The van der Waals surface area contributed by atoms with E-state index in [4.69, 9.17) is 0 Å². The van der Waals surface area contributed by atoms with Crippen LogP contribution in [0, 0.1) is 0 Å². The van der Waals surface area contributed by atoms with Crippen molar-refractivity contribution in [1.29, 1.82) is 0 Å². The van der Waals surface area contributed by atoms with Crippen molar-refractivity contribution in [1.82, 2.24) is 10.2 Å². The third-order valence-electron chi connectivity index (χ3n) is 2.13. The molecule has 0 bridgehead atoms. The fourth-order valence-electron chi connectivity index (χ4n) is 1.23. The molecule has 0 N–H and O–H groups in total. The van der Waals surface area contributed by atoms with E-state index >= 15 is 0 Å². The molecule has 4 nitrogen and oxygen atoms in total. The summed E-state index contributed by atoms with van der Waals surface area (Å²) in [7, 11) is -4.03. The number of hydrogen-bond donors (Lipinski definition) is 0. The maximum Gasteiger partial charge on any atom is 0.445 e. The van der Waals surface area contributed by atoms with Gasteiger partial charge in [0.25, 0.3) is 0 Å². The van der Waals surface area contributed by atoms with E-state index in [1.165, 1.54) is 6.08 Å². The molecule has 0 saturated carbocycles. The lowest BCUT2D eigenvalue weighted by atomic mass is 10.2. The molecule has 0 aliphatic rings. The predicted octanol–water partition coefficient (Wildman–Crippen LogP) is 3.00. The van der Waals surface area contributed by atoms with E-state index in [-0.39, 0.29) is 11.3 Å². The number of nitrogens with zero attached hydrogens (tertiary/aromatic N) is 2. The van der Waals surface area contributed by atoms with Crippen LogP contribution in [0.3, 0.4) is 0 Å². The van der Waals surface area contributed by atoms with Gasteiger partial charge in [-0.3, -0.25) is 0 Å². The molecule has 1 aromatic carbocycles. The second-order valence-electron chi connectivity index (χ2n) is 3.63. The van der Waals surface area contributed by atoms with Crippen LogP contribution in [0.4, 0.5) is 13.2 Å². The lowest BCUT2D eigenvalue weighted by Crippen LogP contribution is -2.03. The number of sulfone groups is 1. The zero-order valence-electron chi connectivity index (χ0n) is 9.70. The second-order valence-corrected chi connectivity index (χ2v) is 6.61. The van der Waals surface area contributed by atoms with Crippen LogP contribution in [0.5, 0.6) is 0 Å². The third kappa shape index (κ3) is 3.42. The maximum atomic E-state index is 12.3. The third-order valence-corrected chi connectivity index (χ3v) is 4.90. The first kappa shape index (κ1) is 14.7. The van der Waals surface area contributed by atoms with E-state index in [9.17, 15) is 21.6 Å². The smallest absolute Gasteiger partial charge is 0.217 e. The maximum absolute atomic E-state index is 12.3.